The van der Waals surface area contributed by atoms with Gasteiger partial charge in [0.2, 0.25) is 0 Å². The zero-order chi connectivity index (χ0) is 13.6. The van der Waals surface area contributed by atoms with Gasteiger partial charge in [0.1, 0.15) is 16.7 Å². The maximum Gasteiger partial charge on any atom is 0.312 e. The molecule has 1 unspecified atom stereocenters. The Bertz CT molecular complexity index is 671. The second-order valence-corrected chi connectivity index (χ2v) is 6.32. The number of benzene rings is 1. The molecule has 0 radical (unpaired) electrons. The van der Waals surface area contributed by atoms with Crippen LogP contribution in [0.5, 0.6) is 0 Å². The van der Waals surface area contributed by atoms with E-state index >= 15 is 0 Å². The lowest BCUT2D eigenvalue weighted by Gasteiger charge is -2.02. The van der Waals surface area contributed by atoms with E-state index in [0.29, 0.717) is 16.6 Å². The van der Waals surface area contributed by atoms with Gasteiger partial charge in [0.05, 0.1) is 10.2 Å². The van der Waals surface area contributed by atoms with Gasteiger partial charge in [-0.3, -0.25) is 4.79 Å². The molecule has 3 nitrogen and oxygen atoms in total. The Kier molecular flexibility index (Phi) is 3.14. The second kappa shape index (κ2) is 4.68. The molecule has 2 aromatic rings. The van der Waals surface area contributed by atoms with E-state index in [9.17, 15) is 9.18 Å². The first-order valence-electron chi connectivity index (χ1n) is 5.74. The van der Waals surface area contributed by atoms with Crippen molar-refractivity contribution in [2.75, 3.05) is 0 Å². The number of hydrogen-bond donors (Lipinski definition) is 1. The predicted molar refractivity (Wildman–Crippen MR) is 73.9 cm³/mol. The largest absolute Gasteiger partial charge is 0.481 e. The zero-order valence-corrected chi connectivity index (χ0v) is 12.1. The summed E-state index contributed by atoms with van der Waals surface area (Å²) < 4.78 is 13.6. The lowest BCUT2D eigenvalue weighted by atomic mass is 10.1. The number of carbonyl (C=O) groups is 1. The molecule has 1 N–H and O–H groups in total. The van der Waals surface area contributed by atoms with Crippen LogP contribution in [-0.4, -0.2) is 16.1 Å². The van der Waals surface area contributed by atoms with Gasteiger partial charge in [0.15, 0.2) is 0 Å². The third-order valence-electron chi connectivity index (χ3n) is 3.18. The average Bonchev–Trinajstić information content (AvgIpc) is 2.91. The first-order valence-corrected chi connectivity index (χ1v) is 7.35. The van der Waals surface area contributed by atoms with Crippen LogP contribution in [0.25, 0.3) is 10.6 Å². The van der Waals surface area contributed by atoms with Crippen molar-refractivity contribution in [1.29, 1.82) is 0 Å². The van der Waals surface area contributed by atoms with Gasteiger partial charge >= 0.3 is 5.97 Å². The van der Waals surface area contributed by atoms with E-state index < -0.39 is 11.9 Å². The Morgan fingerprint density at radius 3 is 3.00 bits per heavy atom. The minimum Gasteiger partial charge on any atom is -0.481 e. The van der Waals surface area contributed by atoms with Crippen LogP contribution in [0.1, 0.15) is 22.9 Å². The fraction of sp³-hybridized carbons (Fsp3) is 0.231. The summed E-state index contributed by atoms with van der Waals surface area (Å²) in [6, 6.07) is 4.70. The van der Waals surface area contributed by atoms with Crippen molar-refractivity contribution in [1.82, 2.24) is 4.98 Å². The molecule has 1 aromatic carbocycles. The van der Waals surface area contributed by atoms with Gasteiger partial charge in [0.25, 0.3) is 0 Å². The fourth-order valence-corrected chi connectivity index (χ4v) is 3.73. The number of thiazole rings is 1. The summed E-state index contributed by atoms with van der Waals surface area (Å²) >= 11 is 4.64. The van der Waals surface area contributed by atoms with E-state index in [2.05, 4.69) is 20.9 Å². The van der Waals surface area contributed by atoms with Crippen LogP contribution in [-0.2, 0) is 11.2 Å². The lowest BCUT2D eigenvalue weighted by molar-refractivity contribution is -0.138. The summed E-state index contributed by atoms with van der Waals surface area (Å²) in [4.78, 5) is 16.6. The molecule has 98 valence electrons. The van der Waals surface area contributed by atoms with Crippen LogP contribution in [0.15, 0.2) is 22.7 Å². The molecule has 0 amide bonds. The molecule has 0 bridgehead atoms. The second-order valence-electron chi connectivity index (χ2n) is 4.39. The quantitative estimate of drug-likeness (QED) is 0.903. The van der Waals surface area contributed by atoms with Gasteiger partial charge in [-0.1, -0.05) is 0 Å². The maximum atomic E-state index is 13.2. The molecule has 19 heavy (non-hydrogen) atoms. The molecular formula is C13H9BrFNO2S. The summed E-state index contributed by atoms with van der Waals surface area (Å²) in [7, 11) is 0. The molecule has 1 aliphatic rings. The number of nitrogens with zero attached hydrogens (tertiary/aromatic N) is 1. The van der Waals surface area contributed by atoms with Crippen LogP contribution in [0.3, 0.4) is 0 Å². The lowest BCUT2D eigenvalue weighted by Crippen LogP contribution is -2.08. The van der Waals surface area contributed by atoms with E-state index in [0.717, 1.165) is 21.9 Å². The molecule has 6 heteroatoms. The normalized spacial score (nSPS) is 17.5. The number of halogens is 2. The van der Waals surface area contributed by atoms with Crippen molar-refractivity contribution in [2.24, 2.45) is 0 Å². The van der Waals surface area contributed by atoms with E-state index in [1.165, 1.54) is 17.4 Å². The standard InChI is InChI=1S/C13H9BrFNO2S/c14-8-5-6(1-3-9(8)15)12-16-11-7(13(17)18)2-4-10(11)19-12/h1,3,5,7H,2,4H2,(H,17,18). The molecule has 1 aliphatic carbocycles. The van der Waals surface area contributed by atoms with Gasteiger partial charge in [-0.2, -0.15) is 0 Å². The number of fused-ring (bicyclic) bond motifs is 1. The average molecular weight is 342 g/mol. The van der Waals surface area contributed by atoms with Crippen molar-refractivity contribution >= 4 is 33.2 Å². The molecule has 0 fully saturated rings. The van der Waals surface area contributed by atoms with Crippen LogP contribution < -0.4 is 0 Å². The topological polar surface area (TPSA) is 50.2 Å². The molecular weight excluding hydrogens is 333 g/mol. The van der Waals surface area contributed by atoms with Crippen molar-refractivity contribution in [2.45, 2.75) is 18.8 Å². The first kappa shape index (κ1) is 12.7. The highest BCUT2D eigenvalue weighted by molar-refractivity contribution is 9.10. The van der Waals surface area contributed by atoms with E-state index in [1.54, 1.807) is 12.1 Å². The Morgan fingerprint density at radius 2 is 2.32 bits per heavy atom. The third kappa shape index (κ3) is 2.19. The van der Waals surface area contributed by atoms with Crippen molar-refractivity contribution in [3.63, 3.8) is 0 Å². The summed E-state index contributed by atoms with van der Waals surface area (Å²) in [5, 5.41) is 9.87. The van der Waals surface area contributed by atoms with Crippen LogP contribution in [0.2, 0.25) is 0 Å². The minimum atomic E-state index is -0.823. The fourth-order valence-electron chi connectivity index (χ4n) is 2.22. The maximum absolute atomic E-state index is 13.2. The number of aryl methyl sites for hydroxylation is 1. The van der Waals surface area contributed by atoms with Crippen molar-refractivity contribution < 1.29 is 14.3 Å². The Labute approximate surface area is 121 Å². The highest BCUT2D eigenvalue weighted by Gasteiger charge is 2.32. The minimum absolute atomic E-state index is 0.323. The molecule has 0 spiro atoms. The highest BCUT2D eigenvalue weighted by atomic mass is 79.9. The SMILES string of the molecule is O=C(O)C1CCc2sc(-c3ccc(F)c(Br)c3)nc21. The number of rotatable bonds is 2. The predicted octanol–water partition coefficient (Wildman–Crippen LogP) is 3.83. The van der Waals surface area contributed by atoms with E-state index in [-0.39, 0.29) is 5.82 Å². The van der Waals surface area contributed by atoms with Gasteiger partial charge in [-0.15, -0.1) is 11.3 Å². The molecule has 1 atom stereocenters. The molecule has 0 saturated heterocycles. The van der Waals surface area contributed by atoms with Crippen LogP contribution in [0.4, 0.5) is 4.39 Å². The van der Waals surface area contributed by atoms with E-state index in [1.807, 2.05) is 0 Å². The van der Waals surface area contributed by atoms with E-state index in [4.69, 9.17) is 5.11 Å². The van der Waals surface area contributed by atoms with Crippen molar-refractivity contribution in [3.8, 4) is 10.6 Å². The van der Waals surface area contributed by atoms with Gasteiger partial charge in [-0.25, -0.2) is 9.37 Å². The Morgan fingerprint density at radius 1 is 1.53 bits per heavy atom. The summed E-state index contributed by atoms with van der Waals surface area (Å²) in [6.45, 7) is 0. The number of hydrogen-bond acceptors (Lipinski definition) is 3. The molecule has 0 saturated carbocycles. The van der Waals surface area contributed by atoms with Crippen molar-refractivity contribution in [3.05, 3.63) is 39.1 Å². The van der Waals surface area contributed by atoms with Crippen LogP contribution in [0, 0.1) is 5.82 Å². The smallest absolute Gasteiger partial charge is 0.312 e. The van der Waals surface area contributed by atoms with Gasteiger partial charge in [0, 0.05) is 10.4 Å². The summed E-state index contributed by atoms with van der Waals surface area (Å²) in [5.41, 5.74) is 1.48. The monoisotopic (exact) mass is 341 g/mol. The molecule has 1 heterocycles. The summed E-state index contributed by atoms with van der Waals surface area (Å²) in [6.07, 6.45) is 1.38. The molecule has 0 aliphatic heterocycles. The number of aliphatic carboxylic acids is 1. The highest BCUT2D eigenvalue weighted by Crippen LogP contribution is 2.40. The van der Waals surface area contributed by atoms with Gasteiger partial charge < -0.3 is 5.11 Å². The summed E-state index contributed by atoms with van der Waals surface area (Å²) in [5.74, 6) is -1.64. The van der Waals surface area contributed by atoms with Crippen LogP contribution >= 0.6 is 27.3 Å². The number of aromatic nitrogens is 1. The first-order chi connectivity index (χ1) is 9.06. The Balaban J connectivity index is 2.02. The number of carboxylic acids is 1. The molecule has 3 rings (SSSR count). The molecule has 1 aromatic heterocycles. The Hall–Kier alpha value is -1.27. The number of carboxylic acid groups (broad SMARTS) is 1. The zero-order valence-electron chi connectivity index (χ0n) is 9.69. The third-order valence-corrected chi connectivity index (χ3v) is 4.97. The van der Waals surface area contributed by atoms with Gasteiger partial charge in [-0.05, 0) is 47.0 Å².